The van der Waals surface area contributed by atoms with Crippen molar-refractivity contribution in [2.24, 2.45) is 0 Å². The third-order valence-corrected chi connectivity index (χ3v) is 4.66. The molecule has 0 saturated heterocycles. The standard InChI is InChI=1S/C24H30O4/c1-23(2,3)18-14-19(24(4,5)6)22(28-7)17(21(18)27)12-13-20(26)15-8-10-16(25)11-9-15/h8-14,25,27H,1-7H3/b13-12+. The number of allylic oxidation sites excluding steroid dienone is 1. The molecule has 0 aromatic heterocycles. The quantitative estimate of drug-likeness (QED) is 0.534. The number of carbonyl (C=O) groups is 1. The highest BCUT2D eigenvalue weighted by molar-refractivity contribution is 6.07. The van der Waals surface area contributed by atoms with Crippen molar-refractivity contribution in [3.05, 3.63) is 58.7 Å². The van der Waals surface area contributed by atoms with Crippen LogP contribution in [0.1, 0.15) is 68.6 Å². The molecule has 0 amide bonds. The molecular formula is C24H30O4. The Balaban J connectivity index is 2.64. The first kappa shape index (κ1) is 21.5. The SMILES string of the molecule is COc1c(C(C)(C)C)cc(C(C)(C)C)c(O)c1/C=C/C(=O)c1ccc(O)cc1. The number of aromatic hydroxyl groups is 2. The summed E-state index contributed by atoms with van der Waals surface area (Å²) < 4.78 is 5.65. The number of phenols is 2. The number of phenolic OH excluding ortho intramolecular Hbond substituents is 2. The molecule has 28 heavy (non-hydrogen) atoms. The van der Waals surface area contributed by atoms with E-state index in [1.807, 2.05) is 26.8 Å². The molecule has 0 aliphatic heterocycles. The van der Waals surface area contributed by atoms with Gasteiger partial charge in [-0.3, -0.25) is 4.79 Å². The molecule has 150 valence electrons. The number of benzene rings is 2. The van der Waals surface area contributed by atoms with Crippen molar-refractivity contribution in [2.45, 2.75) is 52.4 Å². The van der Waals surface area contributed by atoms with Crippen LogP contribution in [0.2, 0.25) is 0 Å². The molecule has 0 aliphatic rings. The molecular weight excluding hydrogens is 352 g/mol. The molecule has 2 N–H and O–H groups in total. The van der Waals surface area contributed by atoms with Gasteiger partial charge in [0.1, 0.15) is 17.2 Å². The third-order valence-electron chi connectivity index (χ3n) is 4.66. The van der Waals surface area contributed by atoms with Crippen molar-refractivity contribution in [1.29, 1.82) is 0 Å². The minimum absolute atomic E-state index is 0.104. The van der Waals surface area contributed by atoms with Crippen LogP contribution in [0.15, 0.2) is 36.4 Å². The van der Waals surface area contributed by atoms with Gasteiger partial charge in [0.25, 0.3) is 0 Å². The number of methoxy groups -OCH3 is 1. The third kappa shape index (κ3) is 4.56. The van der Waals surface area contributed by atoms with E-state index >= 15 is 0 Å². The van der Waals surface area contributed by atoms with E-state index in [1.54, 1.807) is 25.3 Å². The minimum Gasteiger partial charge on any atom is -0.508 e. The molecule has 2 rings (SSSR count). The van der Waals surface area contributed by atoms with Crippen LogP contribution in [0.4, 0.5) is 0 Å². The van der Waals surface area contributed by atoms with Crippen molar-refractivity contribution in [2.75, 3.05) is 7.11 Å². The predicted molar refractivity (Wildman–Crippen MR) is 114 cm³/mol. The molecule has 0 fully saturated rings. The fourth-order valence-electron chi connectivity index (χ4n) is 3.06. The Hall–Kier alpha value is -2.75. The van der Waals surface area contributed by atoms with Gasteiger partial charge in [0.15, 0.2) is 5.78 Å². The van der Waals surface area contributed by atoms with Crippen molar-refractivity contribution < 1.29 is 19.7 Å². The lowest BCUT2D eigenvalue weighted by atomic mass is 9.78. The molecule has 2 aromatic rings. The maximum atomic E-state index is 12.5. The number of ketones is 1. The molecule has 0 bridgehead atoms. The Morgan fingerprint density at radius 3 is 1.93 bits per heavy atom. The Kier molecular flexibility index (Phi) is 5.93. The monoisotopic (exact) mass is 382 g/mol. The fourth-order valence-corrected chi connectivity index (χ4v) is 3.06. The van der Waals surface area contributed by atoms with Crippen LogP contribution in [0.3, 0.4) is 0 Å². The zero-order valence-corrected chi connectivity index (χ0v) is 17.8. The van der Waals surface area contributed by atoms with Crippen LogP contribution < -0.4 is 4.74 Å². The molecule has 0 aliphatic carbocycles. The molecule has 0 atom stereocenters. The second kappa shape index (κ2) is 7.70. The Morgan fingerprint density at radius 2 is 1.46 bits per heavy atom. The molecule has 4 heteroatoms. The van der Waals surface area contributed by atoms with Gasteiger partial charge in [-0.25, -0.2) is 0 Å². The lowest BCUT2D eigenvalue weighted by molar-refractivity contribution is 0.104. The first-order chi connectivity index (χ1) is 12.9. The average molecular weight is 383 g/mol. The van der Waals surface area contributed by atoms with Gasteiger partial charge in [0.05, 0.1) is 12.7 Å². The Labute approximate surface area is 167 Å². The van der Waals surface area contributed by atoms with Crippen LogP contribution in [0, 0.1) is 0 Å². The van der Waals surface area contributed by atoms with E-state index in [0.717, 1.165) is 11.1 Å². The predicted octanol–water partition coefficient (Wildman–Crippen LogP) is 5.60. The summed E-state index contributed by atoms with van der Waals surface area (Å²) in [6.07, 6.45) is 3.02. The summed E-state index contributed by atoms with van der Waals surface area (Å²) in [5.41, 5.74) is 2.23. The zero-order chi connectivity index (χ0) is 21.3. The van der Waals surface area contributed by atoms with Gasteiger partial charge >= 0.3 is 0 Å². The van der Waals surface area contributed by atoms with Crippen molar-refractivity contribution >= 4 is 11.9 Å². The average Bonchev–Trinajstić information content (AvgIpc) is 2.58. The van der Waals surface area contributed by atoms with E-state index in [-0.39, 0.29) is 28.1 Å². The van der Waals surface area contributed by atoms with Crippen LogP contribution in [-0.2, 0) is 10.8 Å². The topological polar surface area (TPSA) is 66.8 Å². The maximum absolute atomic E-state index is 12.5. The first-order valence-corrected chi connectivity index (χ1v) is 9.32. The number of hydrogen-bond acceptors (Lipinski definition) is 4. The van der Waals surface area contributed by atoms with Gasteiger partial charge in [-0.05, 0) is 53.3 Å². The lowest BCUT2D eigenvalue weighted by Crippen LogP contribution is -2.18. The normalized spacial score (nSPS) is 12.4. The van der Waals surface area contributed by atoms with E-state index in [4.69, 9.17) is 4.74 Å². The second-order valence-corrected chi connectivity index (χ2v) is 9.01. The van der Waals surface area contributed by atoms with Crippen molar-refractivity contribution in [3.63, 3.8) is 0 Å². The smallest absolute Gasteiger partial charge is 0.185 e. The maximum Gasteiger partial charge on any atom is 0.185 e. The molecule has 0 saturated carbocycles. The molecule has 0 radical (unpaired) electrons. The minimum atomic E-state index is -0.278. The number of rotatable bonds is 4. The van der Waals surface area contributed by atoms with Crippen molar-refractivity contribution in [1.82, 2.24) is 0 Å². The summed E-state index contributed by atoms with van der Waals surface area (Å²) in [6.45, 7) is 12.4. The van der Waals surface area contributed by atoms with Gasteiger partial charge in [-0.15, -0.1) is 0 Å². The lowest BCUT2D eigenvalue weighted by Gasteiger charge is -2.29. The molecule has 4 nitrogen and oxygen atoms in total. The highest BCUT2D eigenvalue weighted by atomic mass is 16.5. The Morgan fingerprint density at radius 1 is 0.929 bits per heavy atom. The number of carbonyl (C=O) groups excluding carboxylic acids is 1. The van der Waals surface area contributed by atoms with E-state index in [1.165, 1.54) is 18.2 Å². The largest absolute Gasteiger partial charge is 0.508 e. The van der Waals surface area contributed by atoms with Gasteiger partial charge < -0.3 is 14.9 Å². The van der Waals surface area contributed by atoms with Crippen LogP contribution in [0.25, 0.3) is 6.08 Å². The Bertz CT molecular complexity index is 892. The van der Waals surface area contributed by atoms with E-state index in [0.29, 0.717) is 16.9 Å². The highest BCUT2D eigenvalue weighted by Gasteiger charge is 2.29. The summed E-state index contributed by atoms with van der Waals surface area (Å²) >= 11 is 0. The zero-order valence-electron chi connectivity index (χ0n) is 17.8. The molecule has 0 unspecified atom stereocenters. The number of ether oxygens (including phenoxy) is 1. The van der Waals surface area contributed by atoms with Gasteiger partial charge in [-0.1, -0.05) is 41.5 Å². The highest BCUT2D eigenvalue weighted by Crippen LogP contribution is 2.45. The summed E-state index contributed by atoms with van der Waals surface area (Å²) in [6, 6.07) is 8.05. The van der Waals surface area contributed by atoms with E-state index < -0.39 is 0 Å². The first-order valence-electron chi connectivity index (χ1n) is 9.32. The number of hydrogen-bond donors (Lipinski definition) is 2. The van der Waals surface area contributed by atoms with Crippen LogP contribution in [0.5, 0.6) is 17.2 Å². The van der Waals surface area contributed by atoms with Crippen LogP contribution in [-0.4, -0.2) is 23.1 Å². The van der Waals surface area contributed by atoms with Gasteiger partial charge in [0, 0.05) is 16.7 Å². The molecule has 0 heterocycles. The van der Waals surface area contributed by atoms with Crippen LogP contribution >= 0.6 is 0 Å². The fraction of sp³-hybridized carbons (Fsp3) is 0.375. The van der Waals surface area contributed by atoms with Gasteiger partial charge in [0.2, 0.25) is 0 Å². The van der Waals surface area contributed by atoms with E-state index in [2.05, 4.69) is 20.8 Å². The summed E-state index contributed by atoms with van der Waals surface area (Å²) in [5.74, 6) is 0.562. The molecule has 0 spiro atoms. The summed E-state index contributed by atoms with van der Waals surface area (Å²) in [4.78, 5) is 12.5. The summed E-state index contributed by atoms with van der Waals surface area (Å²) in [7, 11) is 1.57. The summed E-state index contributed by atoms with van der Waals surface area (Å²) in [5, 5.41) is 20.4. The van der Waals surface area contributed by atoms with Gasteiger partial charge in [-0.2, -0.15) is 0 Å². The van der Waals surface area contributed by atoms with E-state index in [9.17, 15) is 15.0 Å². The van der Waals surface area contributed by atoms with Crippen molar-refractivity contribution in [3.8, 4) is 17.2 Å². The molecule has 2 aromatic carbocycles. The second-order valence-electron chi connectivity index (χ2n) is 9.01.